The fraction of sp³-hybridized carbons (Fsp3) is 0. The molecular formula is C102H79N15O2S3. The highest BCUT2D eigenvalue weighted by molar-refractivity contribution is 7.17. The SMILES string of the molecule is c1ccc2[nH]ccc2c1.c1ccc2[nH]cnc2c1.c1ccc2[nH]ncc2c1.c1ccc2ccccc2c1.c1ccc2cnccc2c1.c1ccc2ncccc2c1.c1ccc2nccnc2c1.c1ccc2ncncc2c1.c1ccc2ocnc2c1.c1ccc2oncc2c1.c1ccc2sccc2c1.c1ccc2scnc2c1.c1ccc2sncc2c1. The first kappa shape index (κ1) is 82.5. The van der Waals surface area contributed by atoms with Crippen molar-refractivity contribution >= 4 is 174 Å². The molecular weight excluding hydrogens is 1560 g/mol. The van der Waals surface area contributed by atoms with Gasteiger partial charge in [-0.1, -0.05) is 254 Å². The molecule has 12 heterocycles. The van der Waals surface area contributed by atoms with Gasteiger partial charge in [0.05, 0.1) is 77.8 Å². The summed E-state index contributed by atoms with van der Waals surface area (Å²) in [4.78, 5) is 42.7. The monoisotopic (exact) mass is 1640 g/mol. The van der Waals surface area contributed by atoms with E-state index < -0.39 is 0 Å². The van der Waals surface area contributed by atoms with Crippen LogP contribution >= 0.6 is 34.2 Å². The van der Waals surface area contributed by atoms with Gasteiger partial charge in [0.1, 0.15) is 11.8 Å². The third-order valence-corrected chi connectivity index (χ3v) is 20.5. The van der Waals surface area contributed by atoms with E-state index >= 15 is 0 Å². The van der Waals surface area contributed by atoms with Gasteiger partial charge in [-0.15, -0.1) is 22.7 Å². The van der Waals surface area contributed by atoms with E-state index in [0.29, 0.717) is 0 Å². The average molecular weight is 1640 g/mol. The van der Waals surface area contributed by atoms with Crippen LogP contribution in [0.3, 0.4) is 0 Å². The predicted molar refractivity (Wildman–Crippen MR) is 506 cm³/mol. The van der Waals surface area contributed by atoms with E-state index in [2.05, 4.69) is 219 Å². The van der Waals surface area contributed by atoms with E-state index in [1.807, 2.05) is 279 Å². The summed E-state index contributed by atoms with van der Waals surface area (Å²) in [5.74, 6) is 0. The Labute approximate surface area is 714 Å². The van der Waals surface area contributed by atoms with E-state index in [4.69, 9.17) is 8.94 Å². The number of pyridine rings is 2. The minimum Gasteiger partial charge on any atom is -0.443 e. The molecule has 0 saturated heterocycles. The molecule has 0 aliphatic rings. The molecule has 26 rings (SSSR count). The van der Waals surface area contributed by atoms with Gasteiger partial charge in [-0.05, 0) is 171 Å². The zero-order chi connectivity index (χ0) is 82.9. The van der Waals surface area contributed by atoms with Gasteiger partial charge in [0, 0.05) is 86.7 Å². The summed E-state index contributed by atoms with van der Waals surface area (Å²) in [6.07, 6.45) is 22.7. The molecule has 0 aliphatic carbocycles. The van der Waals surface area contributed by atoms with Crippen molar-refractivity contribution in [2.75, 3.05) is 0 Å². The molecule has 20 heteroatoms. The van der Waals surface area contributed by atoms with Crippen LogP contribution in [0.15, 0.2) is 471 Å². The Morgan fingerprint density at radius 1 is 0.262 bits per heavy atom. The summed E-state index contributed by atoms with van der Waals surface area (Å²) in [6.45, 7) is 0. The first-order chi connectivity index (χ1) is 60.6. The number of para-hydroxylation sites is 12. The number of H-pyrrole nitrogens is 3. The summed E-state index contributed by atoms with van der Waals surface area (Å²) in [5.41, 5.74) is 13.9. The van der Waals surface area contributed by atoms with Crippen LogP contribution in [0.2, 0.25) is 0 Å². The number of aromatic amines is 3. The Bertz CT molecular complexity index is 5710. The zero-order valence-corrected chi connectivity index (χ0v) is 68.2. The highest BCUT2D eigenvalue weighted by Gasteiger charge is 1.98. The molecule has 14 aromatic carbocycles. The molecule has 0 saturated carbocycles. The predicted octanol–water partition coefficient (Wildman–Crippen LogP) is 27.0. The van der Waals surface area contributed by atoms with Gasteiger partial charge in [0.25, 0.3) is 0 Å². The van der Waals surface area contributed by atoms with Crippen LogP contribution in [-0.2, 0) is 0 Å². The molecule has 12 aromatic heterocycles. The maximum Gasteiger partial charge on any atom is 0.181 e. The van der Waals surface area contributed by atoms with Gasteiger partial charge < -0.3 is 18.9 Å². The molecule has 0 spiro atoms. The quantitative estimate of drug-likeness (QED) is 0.128. The summed E-state index contributed by atoms with van der Waals surface area (Å²) >= 11 is 5.00. The van der Waals surface area contributed by atoms with E-state index in [0.717, 1.165) is 77.0 Å². The van der Waals surface area contributed by atoms with E-state index in [1.165, 1.54) is 80.6 Å². The van der Waals surface area contributed by atoms with E-state index in [9.17, 15) is 0 Å². The summed E-state index contributed by atoms with van der Waals surface area (Å²) in [7, 11) is 0. The molecule has 0 amide bonds. The second-order valence-electron chi connectivity index (χ2n) is 26.2. The molecule has 0 aliphatic heterocycles. The number of hydrogen-bond acceptors (Lipinski definition) is 17. The number of benzene rings is 14. The zero-order valence-electron chi connectivity index (χ0n) is 65.8. The fourth-order valence-electron chi connectivity index (χ4n) is 11.9. The molecule has 17 nitrogen and oxygen atoms in total. The number of thiazole rings is 1. The van der Waals surface area contributed by atoms with Gasteiger partial charge in [-0.25, -0.2) is 24.9 Å². The van der Waals surface area contributed by atoms with Crippen LogP contribution in [-0.4, -0.2) is 74.6 Å². The van der Waals surface area contributed by atoms with Gasteiger partial charge in [-0.3, -0.25) is 25.0 Å². The smallest absolute Gasteiger partial charge is 0.181 e. The number of hydrogen-bond donors (Lipinski definition) is 3. The molecule has 0 fully saturated rings. The number of thiophene rings is 1. The van der Waals surface area contributed by atoms with Crippen LogP contribution < -0.4 is 0 Å². The maximum absolute atomic E-state index is 5.01. The van der Waals surface area contributed by atoms with Crippen LogP contribution in [0, 0.1) is 0 Å². The average Bonchev–Trinajstić information content (AvgIpc) is 1.89. The summed E-state index contributed by atoms with van der Waals surface area (Å²) in [6, 6.07) is 123. The summed E-state index contributed by atoms with van der Waals surface area (Å²) < 4.78 is 17.8. The molecule has 592 valence electrons. The Hall–Kier alpha value is -16.0. The van der Waals surface area contributed by atoms with Gasteiger partial charge >= 0.3 is 0 Å². The number of aromatic nitrogens is 15. The molecule has 122 heavy (non-hydrogen) atoms. The first-order valence-corrected chi connectivity index (χ1v) is 41.3. The minimum absolute atomic E-state index is 0.845. The lowest BCUT2D eigenvalue weighted by Gasteiger charge is -1.92. The number of fused-ring (bicyclic) bond motifs is 13. The van der Waals surface area contributed by atoms with E-state index in [-0.39, 0.29) is 0 Å². The lowest BCUT2D eigenvalue weighted by atomic mass is 10.1. The van der Waals surface area contributed by atoms with Crippen LogP contribution in [0.5, 0.6) is 0 Å². The van der Waals surface area contributed by atoms with E-state index in [1.54, 1.807) is 53.9 Å². The lowest BCUT2D eigenvalue weighted by molar-refractivity contribution is 0.456. The van der Waals surface area contributed by atoms with Crippen molar-refractivity contribution in [3.05, 3.63) is 462 Å². The fourth-order valence-corrected chi connectivity index (χ4v) is 14.0. The lowest BCUT2D eigenvalue weighted by Crippen LogP contribution is -1.78. The Morgan fingerprint density at radius 2 is 0.779 bits per heavy atom. The van der Waals surface area contributed by atoms with Crippen LogP contribution in [0.25, 0.3) is 140 Å². The number of imidazole rings is 1. The van der Waals surface area contributed by atoms with Crippen molar-refractivity contribution in [2.45, 2.75) is 0 Å². The van der Waals surface area contributed by atoms with Crippen molar-refractivity contribution < 1.29 is 8.94 Å². The molecule has 0 radical (unpaired) electrons. The standard InChI is InChI=1S/C10H8.2C9H7N.2C8H6N2.C8H7N.C8H6S.2C7H6N2.2C7H5NO.2C7H5NS/c1-2-6-10-8-4-3-7-9(10)5-1;1-2-6-9-8(4-1)5-3-7-10-9;1-2-4-9-7-10-6-5-8(9)3-1;1-2-4-8-7(3-1)5-9-6-10-8;1-2-4-8-7(3-1)9-5-6-10-8;2*1-2-4-8-7(3-1)5-6-9-8;1-2-4-7-6(3-1)8-5-9-7;1-2-4-7-6(3-1)5-8-9-7;1-2-4-7-6(3-1)8-5-9-7;1-2-4-7-6(3-1)5-8-9-7;1-2-4-7-6(3-1)8-5-9-7;1-2-4-7-6(3-1)5-8-9-7/h1-8H;2*1-7H;2*1-6H;1-6,9H;1-6H;2*1-5H,(H,8,9);4*1-5H. The van der Waals surface area contributed by atoms with Crippen LogP contribution in [0.1, 0.15) is 0 Å². The summed E-state index contributed by atoms with van der Waals surface area (Å²) in [5, 5.41) is 25.9. The van der Waals surface area contributed by atoms with Crippen molar-refractivity contribution in [1.29, 1.82) is 0 Å². The Balaban J connectivity index is 0.000000108. The number of nitrogens with one attached hydrogen (secondary N) is 3. The van der Waals surface area contributed by atoms with Gasteiger partial charge in [-0.2, -0.15) is 9.47 Å². The molecule has 0 atom stereocenters. The highest BCUT2D eigenvalue weighted by Crippen LogP contribution is 2.22. The molecule has 3 N–H and O–H groups in total. The minimum atomic E-state index is 0.845. The molecule has 0 unspecified atom stereocenters. The second-order valence-corrected chi connectivity index (χ2v) is 28.8. The first-order valence-electron chi connectivity index (χ1n) is 38.8. The van der Waals surface area contributed by atoms with Gasteiger partial charge in [0.15, 0.2) is 17.6 Å². The third-order valence-electron chi connectivity index (χ3n) is 18.0. The Kier molecular flexibility index (Phi) is 30.8. The topological polar surface area (TPSA) is 228 Å². The Morgan fingerprint density at radius 3 is 1.42 bits per heavy atom. The molecule has 0 bridgehead atoms. The third kappa shape index (κ3) is 25.0. The normalized spacial score (nSPS) is 10.1. The van der Waals surface area contributed by atoms with Crippen molar-refractivity contribution in [3.63, 3.8) is 0 Å². The van der Waals surface area contributed by atoms with Crippen molar-refractivity contribution in [3.8, 4) is 0 Å². The second kappa shape index (κ2) is 45.5. The number of oxazole rings is 1. The van der Waals surface area contributed by atoms with Crippen molar-refractivity contribution in [1.82, 2.24) is 74.6 Å². The number of rotatable bonds is 0. The van der Waals surface area contributed by atoms with Crippen molar-refractivity contribution in [2.24, 2.45) is 0 Å². The largest absolute Gasteiger partial charge is 0.443 e. The number of nitrogens with zero attached hydrogens (tertiary/aromatic N) is 12. The van der Waals surface area contributed by atoms with Crippen LogP contribution in [0.4, 0.5) is 0 Å². The highest BCUT2D eigenvalue weighted by atomic mass is 32.1. The maximum atomic E-state index is 5.01. The van der Waals surface area contributed by atoms with Gasteiger partial charge in [0.2, 0.25) is 0 Å². The molecule has 26 aromatic rings.